The number of benzene rings is 2. The van der Waals surface area contributed by atoms with E-state index in [0.29, 0.717) is 5.39 Å². The smallest absolute Gasteiger partial charge is 0.241 e. The Morgan fingerprint density at radius 3 is 2.32 bits per heavy atom. The van der Waals surface area contributed by atoms with Gasteiger partial charge in [0.1, 0.15) is 6.54 Å². The van der Waals surface area contributed by atoms with Crippen molar-refractivity contribution in [3.8, 4) is 0 Å². The molecule has 1 amide bonds. The monoisotopic (exact) mass is 356 g/mol. The number of likely N-dealkylation sites (N-methyl/N-ethyl adjacent to an activating group) is 1. The van der Waals surface area contributed by atoms with Crippen LogP contribution in [0.25, 0.3) is 10.9 Å². The summed E-state index contributed by atoms with van der Waals surface area (Å²) in [5, 5.41) is 0.620. The lowest BCUT2D eigenvalue weighted by Gasteiger charge is -2.11. The third-order valence-corrected chi connectivity index (χ3v) is 5.97. The van der Waals surface area contributed by atoms with Gasteiger partial charge in [0, 0.05) is 31.2 Å². The van der Waals surface area contributed by atoms with Gasteiger partial charge in [-0.1, -0.05) is 35.9 Å². The van der Waals surface area contributed by atoms with Crippen LogP contribution >= 0.6 is 0 Å². The Morgan fingerprint density at radius 2 is 1.68 bits per heavy atom. The third kappa shape index (κ3) is 3.17. The predicted molar refractivity (Wildman–Crippen MR) is 97.3 cm³/mol. The minimum atomic E-state index is -3.66. The first-order valence-electron chi connectivity index (χ1n) is 7.90. The molecule has 0 atom stereocenters. The van der Waals surface area contributed by atoms with Crippen molar-refractivity contribution in [1.82, 2.24) is 9.47 Å². The van der Waals surface area contributed by atoms with Crippen LogP contribution in [0.1, 0.15) is 5.56 Å². The van der Waals surface area contributed by atoms with E-state index in [9.17, 15) is 13.2 Å². The fourth-order valence-electron chi connectivity index (χ4n) is 2.69. The van der Waals surface area contributed by atoms with Gasteiger partial charge in [0.05, 0.1) is 9.79 Å². The fourth-order valence-corrected chi connectivity index (χ4v) is 4.17. The molecule has 0 fully saturated rings. The van der Waals surface area contributed by atoms with E-state index < -0.39 is 9.84 Å². The van der Waals surface area contributed by atoms with E-state index in [1.165, 1.54) is 4.90 Å². The van der Waals surface area contributed by atoms with E-state index >= 15 is 0 Å². The number of carbonyl (C=O) groups excluding carboxylic acids is 1. The van der Waals surface area contributed by atoms with Gasteiger partial charge in [0.2, 0.25) is 15.7 Å². The molecule has 0 bridgehead atoms. The zero-order chi connectivity index (χ0) is 18.2. The van der Waals surface area contributed by atoms with Crippen molar-refractivity contribution in [2.75, 3.05) is 14.1 Å². The molecule has 0 aliphatic rings. The van der Waals surface area contributed by atoms with Gasteiger partial charge in [0.25, 0.3) is 0 Å². The lowest BCUT2D eigenvalue weighted by atomic mass is 10.2. The molecule has 1 aromatic heterocycles. The highest BCUT2D eigenvalue weighted by Gasteiger charge is 2.23. The maximum Gasteiger partial charge on any atom is 0.241 e. The summed E-state index contributed by atoms with van der Waals surface area (Å²) in [5.74, 6) is -0.0972. The second-order valence-corrected chi connectivity index (χ2v) is 8.16. The van der Waals surface area contributed by atoms with Crippen LogP contribution in [0.15, 0.2) is 64.5 Å². The summed E-state index contributed by atoms with van der Waals surface area (Å²) in [6, 6.07) is 14.0. The van der Waals surface area contributed by atoms with Crippen molar-refractivity contribution in [3.63, 3.8) is 0 Å². The number of hydrogen-bond acceptors (Lipinski definition) is 3. The van der Waals surface area contributed by atoms with Gasteiger partial charge in [-0.15, -0.1) is 0 Å². The zero-order valence-corrected chi connectivity index (χ0v) is 15.2. The van der Waals surface area contributed by atoms with E-state index in [1.54, 1.807) is 61.3 Å². The Labute approximate surface area is 147 Å². The first-order valence-corrected chi connectivity index (χ1v) is 9.39. The van der Waals surface area contributed by atoms with Gasteiger partial charge >= 0.3 is 0 Å². The Kier molecular flexibility index (Phi) is 4.39. The number of carbonyl (C=O) groups is 1. The molecule has 130 valence electrons. The maximum atomic E-state index is 13.1. The average Bonchev–Trinajstić information content (AvgIpc) is 2.95. The first-order chi connectivity index (χ1) is 11.8. The van der Waals surface area contributed by atoms with E-state index in [2.05, 4.69) is 0 Å². The van der Waals surface area contributed by atoms with Crippen molar-refractivity contribution >= 4 is 26.6 Å². The first kappa shape index (κ1) is 17.2. The molecule has 2 aromatic carbocycles. The Hall–Kier alpha value is -2.60. The molecule has 0 saturated carbocycles. The van der Waals surface area contributed by atoms with Crippen LogP contribution in [0.3, 0.4) is 0 Å². The number of fused-ring (bicyclic) bond motifs is 1. The Bertz CT molecular complexity index is 1030. The van der Waals surface area contributed by atoms with Gasteiger partial charge < -0.3 is 9.47 Å². The summed E-state index contributed by atoms with van der Waals surface area (Å²) in [5.41, 5.74) is 1.72. The van der Waals surface area contributed by atoms with Crippen molar-refractivity contribution < 1.29 is 13.2 Å². The molecule has 0 aliphatic heterocycles. The molecule has 25 heavy (non-hydrogen) atoms. The number of aryl methyl sites for hydroxylation is 1. The molecular weight excluding hydrogens is 336 g/mol. The fraction of sp³-hybridized carbons (Fsp3) is 0.211. The van der Waals surface area contributed by atoms with Crippen molar-refractivity contribution in [2.45, 2.75) is 23.3 Å². The summed E-state index contributed by atoms with van der Waals surface area (Å²) in [4.78, 5) is 14.0. The molecule has 0 radical (unpaired) electrons. The molecule has 0 saturated heterocycles. The molecular formula is C19H20N2O3S. The minimum absolute atomic E-state index is 0.0942. The summed E-state index contributed by atoms with van der Waals surface area (Å²) >= 11 is 0. The molecule has 3 rings (SSSR count). The SMILES string of the molecule is Cc1ccc(S(=O)(=O)c2cn(CC(=O)N(C)C)c3ccccc23)cc1. The topological polar surface area (TPSA) is 59.4 Å². The predicted octanol–water partition coefficient (Wildman–Crippen LogP) is 2.87. The van der Waals surface area contributed by atoms with Crippen molar-refractivity contribution in [3.05, 3.63) is 60.3 Å². The highest BCUT2D eigenvalue weighted by molar-refractivity contribution is 7.91. The van der Waals surface area contributed by atoms with Crippen LogP contribution in [0, 0.1) is 6.92 Å². The van der Waals surface area contributed by atoms with Gasteiger partial charge in [-0.3, -0.25) is 4.79 Å². The van der Waals surface area contributed by atoms with E-state index in [-0.39, 0.29) is 22.2 Å². The van der Waals surface area contributed by atoms with Gasteiger partial charge in [-0.05, 0) is 25.1 Å². The molecule has 0 spiro atoms. The molecule has 3 aromatic rings. The highest BCUT2D eigenvalue weighted by Crippen LogP contribution is 2.30. The number of aromatic nitrogens is 1. The normalized spacial score (nSPS) is 11.6. The molecule has 1 heterocycles. The average molecular weight is 356 g/mol. The summed E-state index contributed by atoms with van der Waals surface area (Å²) in [6.07, 6.45) is 1.56. The molecule has 0 unspecified atom stereocenters. The molecule has 0 aliphatic carbocycles. The van der Waals surface area contributed by atoms with Crippen molar-refractivity contribution in [1.29, 1.82) is 0 Å². The van der Waals surface area contributed by atoms with Crippen LogP contribution in [0.4, 0.5) is 0 Å². The number of sulfone groups is 1. The van der Waals surface area contributed by atoms with E-state index in [1.807, 2.05) is 19.1 Å². The minimum Gasteiger partial charge on any atom is -0.347 e. The second kappa shape index (κ2) is 6.37. The van der Waals surface area contributed by atoms with Crippen LogP contribution in [0.5, 0.6) is 0 Å². The van der Waals surface area contributed by atoms with Crippen LogP contribution in [-0.4, -0.2) is 37.9 Å². The zero-order valence-electron chi connectivity index (χ0n) is 14.4. The lowest BCUT2D eigenvalue weighted by molar-refractivity contribution is -0.129. The van der Waals surface area contributed by atoms with E-state index in [4.69, 9.17) is 0 Å². The molecule has 0 N–H and O–H groups in total. The number of nitrogens with zero attached hydrogens (tertiary/aromatic N) is 2. The van der Waals surface area contributed by atoms with Gasteiger partial charge in [0.15, 0.2) is 0 Å². The largest absolute Gasteiger partial charge is 0.347 e. The van der Waals surface area contributed by atoms with Crippen LogP contribution < -0.4 is 0 Å². The number of rotatable bonds is 4. The lowest BCUT2D eigenvalue weighted by Crippen LogP contribution is -2.25. The van der Waals surface area contributed by atoms with E-state index in [0.717, 1.165) is 11.1 Å². The third-order valence-electron chi connectivity index (χ3n) is 4.18. The standard InChI is InChI=1S/C19H20N2O3S/c1-14-8-10-15(11-9-14)25(23,24)18-12-21(13-19(22)20(2)3)17-7-5-4-6-16(17)18/h4-12H,13H2,1-3H3. The van der Waals surface area contributed by atoms with Crippen molar-refractivity contribution in [2.24, 2.45) is 0 Å². The second-order valence-electron chi connectivity index (χ2n) is 6.24. The quantitative estimate of drug-likeness (QED) is 0.722. The summed E-state index contributed by atoms with van der Waals surface area (Å²) in [7, 11) is -0.306. The molecule has 5 nitrogen and oxygen atoms in total. The Morgan fingerprint density at radius 1 is 1.04 bits per heavy atom. The Balaban J connectivity index is 2.16. The molecule has 6 heteroatoms. The van der Waals surface area contributed by atoms with Crippen LogP contribution in [-0.2, 0) is 21.2 Å². The highest BCUT2D eigenvalue weighted by atomic mass is 32.2. The number of amides is 1. The summed E-state index contributed by atoms with van der Waals surface area (Å²) < 4.78 is 27.9. The van der Waals surface area contributed by atoms with Crippen LogP contribution in [0.2, 0.25) is 0 Å². The van der Waals surface area contributed by atoms with Gasteiger partial charge in [-0.2, -0.15) is 0 Å². The summed E-state index contributed by atoms with van der Waals surface area (Å²) in [6.45, 7) is 2.01. The number of para-hydroxylation sites is 1. The van der Waals surface area contributed by atoms with Gasteiger partial charge in [-0.25, -0.2) is 8.42 Å². The maximum absolute atomic E-state index is 13.1. The number of hydrogen-bond donors (Lipinski definition) is 0.